The van der Waals surface area contributed by atoms with E-state index in [9.17, 15) is 14.4 Å². The quantitative estimate of drug-likeness (QED) is 0.0261. The van der Waals surface area contributed by atoms with E-state index in [1.807, 2.05) is 0 Å². The third-order valence-corrected chi connectivity index (χ3v) is 15.3. The Balaban J connectivity index is 4.15. The molecule has 0 saturated carbocycles. The van der Waals surface area contributed by atoms with Crippen molar-refractivity contribution < 1.29 is 28.6 Å². The third kappa shape index (κ3) is 67.1. The summed E-state index contributed by atoms with van der Waals surface area (Å²) in [6.07, 6.45) is 94.6. The van der Waals surface area contributed by atoms with Gasteiger partial charge in [-0.1, -0.05) is 323 Å². The van der Waals surface area contributed by atoms with E-state index >= 15 is 0 Å². The van der Waals surface area contributed by atoms with E-state index in [2.05, 4.69) is 118 Å². The summed E-state index contributed by atoms with van der Waals surface area (Å²) >= 11 is 0. The van der Waals surface area contributed by atoms with Crippen LogP contribution in [0.25, 0.3) is 0 Å². The molecule has 6 nitrogen and oxygen atoms in total. The molecule has 6 heteroatoms. The van der Waals surface area contributed by atoms with E-state index in [0.29, 0.717) is 19.3 Å². The van der Waals surface area contributed by atoms with Crippen molar-refractivity contribution in [1.82, 2.24) is 0 Å². The lowest BCUT2D eigenvalue weighted by molar-refractivity contribution is -0.167. The lowest BCUT2D eigenvalue weighted by Crippen LogP contribution is -2.30. The van der Waals surface area contributed by atoms with Crippen LogP contribution in [-0.4, -0.2) is 37.2 Å². The molecule has 0 aromatic carbocycles. The summed E-state index contributed by atoms with van der Waals surface area (Å²) in [6.45, 7) is 6.52. The van der Waals surface area contributed by atoms with Gasteiger partial charge in [-0.05, 0) is 103 Å². The maximum Gasteiger partial charge on any atom is 0.306 e. The molecular formula is C76H132O6. The zero-order valence-corrected chi connectivity index (χ0v) is 54.2. The van der Waals surface area contributed by atoms with Crippen molar-refractivity contribution in [3.8, 4) is 0 Å². The number of carbonyl (C=O) groups is 3. The minimum absolute atomic E-state index is 0.0824. The second-order valence-electron chi connectivity index (χ2n) is 23.4. The fourth-order valence-electron chi connectivity index (χ4n) is 10.1. The molecule has 0 rings (SSSR count). The number of rotatable bonds is 64. The van der Waals surface area contributed by atoms with E-state index in [-0.39, 0.29) is 31.1 Å². The highest BCUT2D eigenvalue weighted by Gasteiger charge is 2.19. The van der Waals surface area contributed by atoms with E-state index in [0.717, 1.165) is 122 Å². The molecule has 0 radical (unpaired) electrons. The van der Waals surface area contributed by atoms with Gasteiger partial charge in [-0.3, -0.25) is 14.4 Å². The van der Waals surface area contributed by atoms with Gasteiger partial charge in [-0.25, -0.2) is 0 Å². The average molecular weight is 1140 g/mol. The fourth-order valence-corrected chi connectivity index (χ4v) is 10.1. The first kappa shape index (κ1) is 78.3. The van der Waals surface area contributed by atoms with Crippen molar-refractivity contribution in [3.05, 3.63) is 97.2 Å². The maximum atomic E-state index is 12.9. The highest BCUT2D eigenvalue weighted by molar-refractivity contribution is 5.71. The summed E-state index contributed by atoms with van der Waals surface area (Å²) in [4.78, 5) is 38.2. The van der Waals surface area contributed by atoms with Crippen molar-refractivity contribution in [1.29, 1.82) is 0 Å². The van der Waals surface area contributed by atoms with Crippen LogP contribution < -0.4 is 0 Å². The second-order valence-corrected chi connectivity index (χ2v) is 23.4. The number of hydrogen-bond donors (Lipinski definition) is 0. The molecule has 0 N–H and O–H groups in total. The molecule has 0 aromatic rings. The second kappa shape index (κ2) is 69.8. The van der Waals surface area contributed by atoms with Gasteiger partial charge in [0.25, 0.3) is 0 Å². The SMILES string of the molecule is CC/C=C\C/C=C\C/C=C\C/C=C\C/C=C\C/C=C\C/C=C\CCCCCCCC(=O)OC(COC(=O)CCCCCCCCCC)COC(=O)CCCCCCCCCCCCCCCCCCC/C=C\CCCCCCCCCC. The average Bonchev–Trinajstić information content (AvgIpc) is 3.48. The predicted octanol–water partition coefficient (Wildman–Crippen LogP) is 24.4. The van der Waals surface area contributed by atoms with Crippen molar-refractivity contribution >= 4 is 17.9 Å². The van der Waals surface area contributed by atoms with E-state index < -0.39 is 6.10 Å². The first-order valence-corrected chi connectivity index (χ1v) is 35.2. The largest absolute Gasteiger partial charge is 0.462 e. The summed E-state index contributed by atoms with van der Waals surface area (Å²) in [5.74, 6) is -0.893. The molecule has 0 spiro atoms. The van der Waals surface area contributed by atoms with Gasteiger partial charge >= 0.3 is 17.9 Å². The lowest BCUT2D eigenvalue weighted by atomic mass is 10.0. The lowest BCUT2D eigenvalue weighted by Gasteiger charge is -2.18. The van der Waals surface area contributed by atoms with E-state index in [4.69, 9.17) is 14.2 Å². The molecular weight excluding hydrogens is 1010 g/mol. The Bertz CT molecular complexity index is 1590. The normalized spacial score (nSPS) is 12.7. The molecule has 1 atom stereocenters. The zero-order valence-electron chi connectivity index (χ0n) is 54.2. The monoisotopic (exact) mass is 1140 g/mol. The van der Waals surface area contributed by atoms with Crippen molar-refractivity contribution in [2.75, 3.05) is 13.2 Å². The molecule has 0 aliphatic heterocycles. The molecule has 0 aliphatic rings. The van der Waals surface area contributed by atoms with Crippen LogP contribution in [0.5, 0.6) is 0 Å². The third-order valence-electron chi connectivity index (χ3n) is 15.3. The first-order chi connectivity index (χ1) is 40.5. The highest BCUT2D eigenvalue weighted by Crippen LogP contribution is 2.17. The van der Waals surface area contributed by atoms with Gasteiger partial charge in [-0.15, -0.1) is 0 Å². The molecule has 0 saturated heterocycles. The Morgan fingerprint density at radius 3 is 0.756 bits per heavy atom. The Kier molecular flexibility index (Phi) is 66.7. The van der Waals surface area contributed by atoms with Crippen LogP contribution in [0.4, 0.5) is 0 Å². The standard InChI is InChI=1S/C76H132O6/c1-4-7-10-13-16-19-21-23-25-27-29-31-33-35-37-38-40-41-43-45-47-49-51-53-55-57-60-63-66-69-75(78)81-72-73(71-80-74(77)68-65-62-59-18-15-12-9-6-3)82-76(79)70-67-64-61-58-56-54-52-50-48-46-44-42-39-36-34-32-30-28-26-24-22-20-17-14-11-8-5-2/h8,11,17,20,24,26-27,29-30,32,36,39,44,46,50,52,73H,4-7,9-10,12-16,18-19,21-23,25,28,31,33-35,37-38,40-43,45,47-49,51,53-72H2,1-3H3/b11-8-,20-17-,26-24-,29-27-,32-30-,39-36-,46-44-,52-50-. The topological polar surface area (TPSA) is 78.9 Å². The predicted molar refractivity (Wildman–Crippen MR) is 357 cm³/mol. The number of unbranched alkanes of at least 4 members (excludes halogenated alkanes) is 37. The van der Waals surface area contributed by atoms with Gasteiger partial charge in [0, 0.05) is 19.3 Å². The Hall–Kier alpha value is -3.67. The number of carbonyl (C=O) groups excluding carboxylic acids is 3. The highest BCUT2D eigenvalue weighted by atomic mass is 16.6. The summed E-state index contributed by atoms with van der Waals surface area (Å²) in [5, 5.41) is 0. The summed E-state index contributed by atoms with van der Waals surface area (Å²) in [5.41, 5.74) is 0. The minimum atomic E-state index is -0.787. The Labute approximate surface area is 508 Å². The first-order valence-electron chi connectivity index (χ1n) is 35.2. The molecule has 0 amide bonds. The number of ether oxygens (including phenoxy) is 3. The van der Waals surface area contributed by atoms with Gasteiger partial charge in [0.15, 0.2) is 6.10 Å². The molecule has 0 bridgehead atoms. The molecule has 82 heavy (non-hydrogen) atoms. The Morgan fingerprint density at radius 1 is 0.256 bits per heavy atom. The van der Waals surface area contributed by atoms with Crippen LogP contribution in [0.15, 0.2) is 97.2 Å². The number of hydrogen-bond acceptors (Lipinski definition) is 6. The summed E-state index contributed by atoms with van der Waals surface area (Å²) in [7, 11) is 0. The molecule has 1 unspecified atom stereocenters. The molecule has 0 heterocycles. The van der Waals surface area contributed by atoms with Gasteiger partial charge in [0.05, 0.1) is 0 Å². The molecule has 0 aliphatic carbocycles. The minimum Gasteiger partial charge on any atom is -0.462 e. The van der Waals surface area contributed by atoms with Crippen LogP contribution in [0, 0.1) is 0 Å². The zero-order chi connectivity index (χ0) is 59.2. The maximum absolute atomic E-state index is 12.9. The molecule has 0 aromatic heterocycles. The van der Waals surface area contributed by atoms with Crippen LogP contribution in [0.3, 0.4) is 0 Å². The summed E-state index contributed by atoms with van der Waals surface area (Å²) in [6, 6.07) is 0. The van der Waals surface area contributed by atoms with Crippen molar-refractivity contribution in [2.45, 2.75) is 354 Å². The van der Waals surface area contributed by atoms with Gasteiger partial charge in [0.2, 0.25) is 0 Å². The van der Waals surface area contributed by atoms with E-state index in [1.54, 1.807) is 0 Å². The van der Waals surface area contributed by atoms with E-state index in [1.165, 1.54) is 186 Å². The smallest absolute Gasteiger partial charge is 0.306 e. The Morgan fingerprint density at radius 2 is 0.476 bits per heavy atom. The van der Waals surface area contributed by atoms with Gasteiger partial charge < -0.3 is 14.2 Å². The van der Waals surface area contributed by atoms with Crippen LogP contribution in [0.2, 0.25) is 0 Å². The van der Waals surface area contributed by atoms with Gasteiger partial charge in [0.1, 0.15) is 13.2 Å². The number of allylic oxidation sites excluding steroid dienone is 16. The fraction of sp³-hybridized carbons (Fsp3) is 0.750. The van der Waals surface area contributed by atoms with Crippen LogP contribution >= 0.6 is 0 Å². The van der Waals surface area contributed by atoms with Crippen LogP contribution in [-0.2, 0) is 28.6 Å². The molecule has 0 fully saturated rings. The van der Waals surface area contributed by atoms with Gasteiger partial charge in [-0.2, -0.15) is 0 Å². The van der Waals surface area contributed by atoms with Crippen molar-refractivity contribution in [3.63, 3.8) is 0 Å². The van der Waals surface area contributed by atoms with Crippen LogP contribution in [0.1, 0.15) is 348 Å². The number of esters is 3. The van der Waals surface area contributed by atoms with Crippen molar-refractivity contribution in [2.24, 2.45) is 0 Å². The summed E-state index contributed by atoms with van der Waals surface area (Å²) < 4.78 is 16.9. The molecule has 472 valence electrons.